The molecule has 0 bridgehead atoms. The maximum Gasteiger partial charge on any atom is 0.255 e. The van der Waals surface area contributed by atoms with Gasteiger partial charge in [0.2, 0.25) is 5.91 Å². The Balaban J connectivity index is 2.08. The van der Waals surface area contributed by atoms with Crippen molar-refractivity contribution in [3.8, 4) is 0 Å². The Morgan fingerprint density at radius 2 is 2.22 bits per heavy atom. The molecule has 3 N–H and O–H groups in total. The van der Waals surface area contributed by atoms with E-state index in [1.165, 1.54) is 11.1 Å². The van der Waals surface area contributed by atoms with Gasteiger partial charge in [-0.05, 0) is 12.1 Å². The Morgan fingerprint density at radius 1 is 1.44 bits per heavy atom. The lowest BCUT2D eigenvalue weighted by Crippen LogP contribution is -2.50. The lowest BCUT2D eigenvalue weighted by molar-refractivity contribution is -0.133. The number of nitrogens with one attached hydrogen (secondary N) is 1. The van der Waals surface area contributed by atoms with Crippen molar-refractivity contribution in [2.45, 2.75) is 0 Å². The summed E-state index contributed by atoms with van der Waals surface area (Å²) >= 11 is 0. The minimum Gasteiger partial charge on any atom is -0.342 e. The van der Waals surface area contributed by atoms with Crippen LogP contribution in [0, 0.1) is 0 Å². The molecule has 0 spiro atoms. The molecule has 7 nitrogen and oxygen atoms in total. The molecule has 96 valence electrons. The fourth-order valence-electron chi connectivity index (χ4n) is 1.72. The number of piperazine rings is 1. The van der Waals surface area contributed by atoms with Crippen LogP contribution in [0.25, 0.3) is 0 Å². The summed E-state index contributed by atoms with van der Waals surface area (Å²) in [6.07, 6.45) is 1.44. The third kappa shape index (κ3) is 2.40. The van der Waals surface area contributed by atoms with E-state index in [2.05, 4.69) is 10.4 Å². The third-order valence-corrected chi connectivity index (χ3v) is 2.90. The van der Waals surface area contributed by atoms with Gasteiger partial charge in [0.15, 0.2) is 0 Å². The van der Waals surface area contributed by atoms with E-state index < -0.39 is 0 Å². The summed E-state index contributed by atoms with van der Waals surface area (Å²) in [5.74, 6) is 5.44. The zero-order chi connectivity index (χ0) is 13.1. The van der Waals surface area contributed by atoms with Crippen LogP contribution in [0.1, 0.15) is 10.4 Å². The first-order valence-electron chi connectivity index (χ1n) is 5.57. The number of hydrazine groups is 1. The molecule has 0 unspecified atom stereocenters. The Hall–Kier alpha value is -2.15. The number of nitrogen functional groups attached to an aromatic ring is 1. The smallest absolute Gasteiger partial charge is 0.255 e. The molecule has 2 rings (SSSR count). The Bertz CT molecular complexity index is 459. The highest BCUT2D eigenvalue weighted by molar-refractivity contribution is 5.96. The van der Waals surface area contributed by atoms with Crippen LogP contribution in [0.15, 0.2) is 18.3 Å². The Kier molecular flexibility index (Phi) is 3.42. The molecule has 18 heavy (non-hydrogen) atoms. The molecule has 1 aliphatic rings. The second-order valence-electron chi connectivity index (χ2n) is 4.12. The molecule has 0 radical (unpaired) electrons. The monoisotopic (exact) mass is 249 g/mol. The number of aromatic nitrogens is 1. The van der Waals surface area contributed by atoms with Crippen LogP contribution >= 0.6 is 0 Å². The number of carbonyl (C=O) groups is 2. The van der Waals surface area contributed by atoms with E-state index >= 15 is 0 Å². The molecule has 0 saturated carbocycles. The number of carbonyl (C=O) groups excluding carboxylic acids is 2. The van der Waals surface area contributed by atoms with Crippen molar-refractivity contribution in [2.24, 2.45) is 5.84 Å². The predicted molar refractivity (Wildman–Crippen MR) is 65.6 cm³/mol. The van der Waals surface area contributed by atoms with E-state index in [1.807, 2.05) is 0 Å². The van der Waals surface area contributed by atoms with E-state index in [9.17, 15) is 9.59 Å². The number of hydrogen-bond acceptors (Lipinski definition) is 5. The molecule has 1 aromatic rings. The average molecular weight is 249 g/mol. The first-order chi connectivity index (χ1) is 8.61. The molecule has 1 saturated heterocycles. The van der Waals surface area contributed by atoms with Gasteiger partial charge >= 0.3 is 0 Å². The Morgan fingerprint density at radius 3 is 2.78 bits per heavy atom. The van der Waals surface area contributed by atoms with Crippen LogP contribution in [0.4, 0.5) is 5.82 Å². The fourth-order valence-corrected chi connectivity index (χ4v) is 1.72. The largest absolute Gasteiger partial charge is 0.342 e. The zero-order valence-corrected chi connectivity index (χ0v) is 10.1. The van der Waals surface area contributed by atoms with Crippen LogP contribution in [0.5, 0.6) is 0 Å². The van der Waals surface area contributed by atoms with Crippen molar-refractivity contribution in [3.05, 3.63) is 23.9 Å². The molecule has 0 aliphatic carbocycles. The molecule has 7 heteroatoms. The molecular weight excluding hydrogens is 234 g/mol. The van der Waals surface area contributed by atoms with Crippen LogP contribution in [-0.4, -0.2) is 53.3 Å². The lowest BCUT2D eigenvalue weighted by Gasteiger charge is -2.31. The first-order valence-corrected chi connectivity index (χ1v) is 5.57. The van der Waals surface area contributed by atoms with Crippen molar-refractivity contribution >= 4 is 17.6 Å². The summed E-state index contributed by atoms with van der Waals surface area (Å²) in [5.41, 5.74) is 2.84. The van der Waals surface area contributed by atoms with E-state index in [4.69, 9.17) is 5.84 Å². The van der Waals surface area contributed by atoms with Gasteiger partial charge in [-0.1, -0.05) is 0 Å². The van der Waals surface area contributed by atoms with Crippen LogP contribution in [0.3, 0.4) is 0 Å². The minimum absolute atomic E-state index is 0.0530. The normalized spacial score (nSPS) is 15.8. The number of pyridine rings is 1. The molecule has 1 aromatic heterocycles. The van der Waals surface area contributed by atoms with Gasteiger partial charge in [-0.2, -0.15) is 0 Å². The summed E-state index contributed by atoms with van der Waals surface area (Å²) in [4.78, 5) is 30.8. The number of nitrogens with zero attached hydrogens (tertiary/aromatic N) is 3. The van der Waals surface area contributed by atoms with Crippen molar-refractivity contribution < 1.29 is 9.59 Å². The van der Waals surface area contributed by atoms with Gasteiger partial charge in [0.1, 0.15) is 12.4 Å². The first kappa shape index (κ1) is 12.3. The van der Waals surface area contributed by atoms with Crippen LogP contribution in [0.2, 0.25) is 0 Å². The summed E-state index contributed by atoms with van der Waals surface area (Å²) in [6.45, 7) is 1.21. The van der Waals surface area contributed by atoms with Gasteiger partial charge in [-0.3, -0.25) is 9.59 Å². The zero-order valence-electron chi connectivity index (χ0n) is 10.1. The minimum atomic E-state index is -0.187. The summed E-state index contributed by atoms with van der Waals surface area (Å²) in [5, 5.41) is 0. The second-order valence-corrected chi connectivity index (χ2v) is 4.12. The molecule has 1 fully saturated rings. The fraction of sp³-hybridized carbons (Fsp3) is 0.364. The highest BCUT2D eigenvalue weighted by Gasteiger charge is 2.25. The number of anilines is 1. The van der Waals surface area contributed by atoms with Crippen molar-refractivity contribution in [3.63, 3.8) is 0 Å². The van der Waals surface area contributed by atoms with Crippen LogP contribution in [-0.2, 0) is 4.79 Å². The lowest BCUT2D eigenvalue weighted by atomic mass is 10.2. The number of nitrogens with two attached hydrogens (primary N) is 1. The van der Waals surface area contributed by atoms with Gasteiger partial charge in [0.25, 0.3) is 5.91 Å². The maximum atomic E-state index is 12.1. The quantitative estimate of drug-likeness (QED) is 0.533. The van der Waals surface area contributed by atoms with Crippen LogP contribution < -0.4 is 11.3 Å². The standard InChI is InChI=1S/C11H15N5O2/c1-15-4-5-16(7-10(15)17)11(18)8-2-3-9(14-12)13-6-8/h2-3,6H,4-5,7,12H2,1H3,(H,13,14). The molecule has 2 heterocycles. The predicted octanol–water partition coefficient (Wildman–Crippen LogP) is -0.719. The maximum absolute atomic E-state index is 12.1. The molecule has 0 aromatic carbocycles. The molecule has 0 atom stereocenters. The SMILES string of the molecule is CN1CCN(C(=O)c2ccc(NN)nc2)CC1=O. The van der Waals surface area contributed by atoms with E-state index in [0.717, 1.165) is 0 Å². The number of amides is 2. The Labute approximate surface area is 105 Å². The second kappa shape index (κ2) is 5.01. The molecular formula is C11H15N5O2. The molecule has 1 aliphatic heterocycles. The van der Waals surface area contributed by atoms with Gasteiger partial charge < -0.3 is 15.2 Å². The summed E-state index contributed by atoms with van der Waals surface area (Å²) < 4.78 is 0. The van der Waals surface area contributed by atoms with E-state index in [1.54, 1.807) is 24.1 Å². The number of rotatable bonds is 2. The van der Waals surface area contributed by atoms with Gasteiger partial charge in [-0.15, -0.1) is 0 Å². The third-order valence-electron chi connectivity index (χ3n) is 2.90. The van der Waals surface area contributed by atoms with Crippen molar-refractivity contribution in [1.82, 2.24) is 14.8 Å². The van der Waals surface area contributed by atoms with E-state index in [0.29, 0.717) is 24.5 Å². The summed E-state index contributed by atoms with van der Waals surface area (Å²) in [7, 11) is 1.73. The van der Waals surface area contributed by atoms with Gasteiger partial charge in [-0.25, -0.2) is 10.8 Å². The van der Waals surface area contributed by atoms with Crippen molar-refractivity contribution in [1.29, 1.82) is 0 Å². The highest BCUT2D eigenvalue weighted by Crippen LogP contribution is 2.09. The average Bonchev–Trinajstić information content (AvgIpc) is 2.41. The molecule has 2 amide bonds. The topological polar surface area (TPSA) is 91.6 Å². The summed E-state index contributed by atoms with van der Waals surface area (Å²) in [6, 6.07) is 3.25. The number of likely N-dealkylation sites (N-methyl/N-ethyl adjacent to an activating group) is 1. The number of hydrogen-bond donors (Lipinski definition) is 2. The highest BCUT2D eigenvalue weighted by atomic mass is 16.2. The van der Waals surface area contributed by atoms with Gasteiger partial charge in [0.05, 0.1) is 5.56 Å². The van der Waals surface area contributed by atoms with Crippen molar-refractivity contribution in [2.75, 3.05) is 32.1 Å². The van der Waals surface area contributed by atoms with E-state index in [-0.39, 0.29) is 18.4 Å². The van der Waals surface area contributed by atoms with Gasteiger partial charge in [0, 0.05) is 26.3 Å².